The van der Waals surface area contributed by atoms with Crippen LogP contribution in [0.2, 0.25) is 0 Å². The van der Waals surface area contributed by atoms with Gasteiger partial charge in [0.25, 0.3) is 0 Å². The first-order valence-electron chi connectivity index (χ1n) is 6.34. The maximum Gasteiger partial charge on any atom is 0.0943 e. The summed E-state index contributed by atoms with van der Waals surface area (Å²) >= 11 is 1.81. The van der Waals surface area contributed by atoms with E-state index < -0.39 is 0 Å². The molecule has 0 amide bonds. The zero-order valence-corrected chi connectivity index (χ0v) is 12.1. The van der Waals surface area contributed by atoms with Crippen molar-refractivity contribution in [3.8, 4) is 0 Å². The fourth-order valence-corrected chi connectivity index (χ4v) is 2.83. The molecule has 0 aliphatic heterocycles. The third-order valence-electron chi connectivity index (χ3n) is 3.00. The summed E-state index contributed by atoms with van der Waals surface area (Å²) in [5, 5.41) is 4.71. The van der Waals surface area contributed by atoms with E-state index >= 15 is 0 Å². The molecule has 0 bridgehead atoms. The Balaban J connectivity index is 1.76. The fourth-order valence-electron chi connectivity index (χ4n) is 1.90. The first kappa shape index (κ1) is 13.2. The zero-order chi connectivity index (χ0) is 13.0. The molecule has 0 atom stereocenters. The van der Waals surface area contributed by atoms with Gasteiger partial charge in [0.15, 0.2) is 0 Å². The molecule has 96 valence electrons. The third kappa shape index (κ3) is 3.65. The number of hydrogen-bond donors (Lipinski definition) is 1. The highest BCUT2D eigenvalue weighted by molar-refractivity contribution is 7.11. The minimum Gasteiger partial charge on any atom is -0.312 e. The minimum atomic E-state index is 0.936. The lowest BCUT2D eigenvalue weighted by Crippen LogP contribution is -2.16. The van der Waals surface area contributed by atoms with Gasteiger partial charge in [0.05, 0.1) is 10.7 Å². The monoisotopic (exact) mass is 260 g/mol. The van der Waals surface area contributed by atoms with Gasteiger partial charge in [0.2, 0.25) is 0 Å². The van der Waals surface area contributed by atoms with Crippen molar-refractivity contribution in [3.05, 3.63) is 51.0 Å². The van der Waals surface area contributed by atoms with Crippen LogP contribution < -0.4 is 5.32 Å². The van der Waals surface area contributed by atoms with Gasteiger partial charge in [-0.05, 0) is 26.3 Å². The van der Waals surface area contributed by atoms with Crippen LogP contribution in [-0.4, -0.2) is 11.5 Å². The normalized spacial score (nSPS) is 10.8. The molecule has 0 aliphatic rings. The highest BCUT2D eigenvalue weighted by Gasteiger charge is 2.02. The van der Waals surface area contributed by atoms with E-state index in [9.17, 15) is 0 Å². The van der Waals surface area contributed by atoms with Gasteiger partial charge in [-0.1, -0.05) is 29.8 Å². The summed E-state index contributed by atoms with van der Waals surface area (Å²) in [5.74, 6) is 0. The summed E-state index contributed by atoms with van der Waals surface area (Å²) < 4.78 is 0. The second-order valence-electron chi connectivity index (χ2n) is 4.67. The summed E-state index contributed by atoms with van der Waals surface area (Å²) in [6, 6.07) is 8.63. The van der Waals surface area contributed by atoms with Crippen LogP contribution in [0.4, 0.5) is 0 Å². The predicted molar refractivity (Wildman–Crippen MR) is 78.2 cm³/mol. The topological polar surface area (TPSA) is 24.9 Å². The predicted octanol–water partition coefficient (Wildman–Crippen LogP) is 3.40. The van der Waals surface area contributed by atoms with Gasteiger partial charge in [0, 0.05) is 24.4 Å². The Bertz CT molecular complexity index is 497. The first-order valence-corrected chi connectivity index (χ1v) is 7.16. The average molecular weight is 260 g/mol. The van der Waals surface area contributed by atoms with E-state index in [1.165, 1.54) is 26.7 Å². The van der Waals surface area contributed by atoms with Crippen molar-refractivity contribution >= 4 is 11.3 Å². The molecule has 0 saturated heterocycles. The smallest absolute Gasteiger partial charge is 0.0943 e. The van der Waals surface area contributed by atoms with Gasteiger partial charge in [-0.3, -0.25) is 0 Å². The van der Waals surface area contributed by atoms with Gasteiger partial charge in [0.1, 0.15) is 0 Å². The molecule has 0 saturated carbocycles. The van der Waals surface area contributed by atoms with Crippen LogP contribution >= 0.6 is 11.3 Å². The molecule has 0 radical (unpaired) electrons. The molecule has 0 unspecified atom stereocenters. The van der Waals surface area contributed by atoms with Crippen molar-refractivity contribution in [2.24, 2.45) is 0 Å². The first-order chi connectivity index (χ1) is 8.65. The number of rotatable bonds is 5. The molecule has 1 N–H and O–H groups in total. The summed E-state index contributed by atoms with van der Waals surface area (Å²) in [6.45, 7) is 8.27. The molecule has 1 aromatic carbocycles. The second kappa shape index (κ2) is 6.12. The van der Waals surface area contributed by atoms with Crippen molar-refractivity contribution in [3.63, 3.8) is 0 Å². The highest BCUT2D eigenvalue weighted by atomic mass is 32.1. The molecule has 0 fully saturated rings. The van der Waals surface area contributed by atoms with E-state index in [2.05, 4.69) is 55.3 Å². The molecule has 2 nitrogen and oxygen atoms in total. The highest BCUT2D eigenvalue weighted by Crippen LogP contribution is 2.16. The van der Waals surface area contributed by atoms with E-state index in [1.54, 1.807) is 0 Å². The quantitative estimate of drug-likeness (QED) is 0.833. The van der Waals surface area contributed by atoms with Crippen molar-refractivity contribution < 1.29 is 0 Å². The van der Waals surface area contributed by atoms with Crippen LogP contribution in [0, 0.1) is 20.8 Å². The Kier molecular flexibility index (Phi) is 4.50. The van der Waals surface area contributed by atoms with E-state index in [-0.39, 0.29) is 0 Å². The van der Waals surface area contributed by atoms with Crippen LogP contribution in [-0.2, 0) is 13.0 Å². The SMILES string of the molecule is Cc1cccc(CNCCc2nc(C)c(C)s2)c1. The van der Waals surface area contributed by atoms with Crippen LogP contribution in [0.3, 0.4) is 0 Å². The molecular formula is C15H20N2S. The average Bonchev–Trinajstić information content (AvgIpc) is 2.65. The largest absolute Gasteiger partial charge is 0.312 e. The van der Waals surface area contributed by atoms with E-state index in [1.807, 2.05) is 11.3 Å². The van der Waals surface area contributed by atoms with Crippen LogP contribution in [0.5, 0.6) is 0 Å². The van der Waals surface area contributed by atoms with Gasteiger partial charge in [-0.15, -0.1) is 11.3 Å². The lowest BCUT2D eigenvalue weighted by Gasteiger charge is -2.04. The molecule has 0 aliphatic carbocycles. The van der Waals surface area contributed by atoms with Crippen molar-refractivity contribution in [2.45, 2.75) is 33.7 Å². The third-order valence-corrected chi connectivity index (χ3v) is 4.13. The van der Waals surface area contributed by atoms with Crippen LogP contribution in [0.25, 0.3) is 0 Å². The van der Waals surface area contributed by atoms with E-state index in [0.717, 1.165) is 19.5 Å². The van der Waals surface area contributed by atoms with E-state index in [4.69, 9.17) is 0 Å². The fraction of sp³-hybridized carbons (Fsp3) is 0.400. The Hall–Kier alpha value is -1.19. The molecule has 3 heteroatoms. The van der Waals surface area contributed by atoms with Crippen molar-refractivity contribution in [1.29, 1.82) is 0 Å². The number of hydrogen-bond acceptors (Lipinski definition) is 3. The van der Waals surface area contributed by atoms with Crippen molar-refractivity contribution in [2.75, 3.05) is 6.54 Å². The Morgan fingerprint density at radius 1 is 1.22 bits per heavy atom. The summed E-state index contributed by atoms with van der Waals surface area (Å²) in [6.07, 6.45) is 1.02. The standard InChI is InChI=1S/C15H20N2S/c1-11-5-4-6-14(9-11)10-16-8-7-15-17-12(2)13(3)18-15/h4-6,9,16H,7-8,10H2,1-3H3. The number of thiazole rings is 1. The summed E-state index contributed by atoms with van der Waals surface area (Å²) in [4.78, 5) is 5.88. The second-order valence-corrected chi connectivity index (χ2v) is 5.95. The van der Waals surface area contributed by atoms with E-state index in [0.29, 0.717) is 0 Å². The Labute approximate surface area is 113 Å². The van der Waals surface area contributed by atoms with Gasteiger partial charge in [-0.2, -0.15) is 0 Å². The molecule has 18 heavy (non-hydrogen) atoms. The maximum absolute atomic E-state index is 4.55. The molecule has 1 heterocycles. The number of nitrogens with one attached hydrogen (secondary N) is 1. The number of benzene rings is 1. The van der Waals surface area contributed by atoms with Gasteiger partial charge >= 0.3 is 0 Å². The number of aromatic nitrogens is 1. The Morgan fingerprint density at radius 3 is 2.72 bits per heavy atom. The zero-order valence-electron chi connectivity index (χ0n) is 11.3. The molecular weight excluding hydrogens is 240 g/mol. The summed E-state index contributed by atoms with van der Waals surface area (Å²) in [7, 11) is 0. The molecule has 2 rings (SSSR count). The van der Waals surface area contributed by atoms with Gasteiger partial charge < -0.3 is 5.32 Å². The number of aryl methyl sites for hydroxylation is 3. The van der Waals surface area contributed by atoms with Crippen molar-refractivity contribution in [1.82, 2.24) is 10.3 Å². The lowest BCUT2D eigenvalue weighted by molar-refractivity contribution is 0.684. The lowest BCUT2D eigenvalue weighted by atomic mass is 10.1. The van der Waals surface area contributed by atoms with Gasteiger partial charge in [-0.25, -0.2) is 4.98 Å². The minimum absolute atomic E-state index is 0.936. The van der Waals surface area contributed by atoms with Crippen LogP contribution in [0.15, 0.2) is 24.3 Å². The van der Waals surface area contributed by atoms with Crippen LogP contribution in [0.1, 0.15) is 26.7 Å². The summed E-state index contributed by atoms with van der Waals surface area (Å²) in [5.41, 5.74) is 3.84. The molecule has 1 aromatic heterocycles. The molecule has 2 aromatic rings. The number of nitrogens with zero attached hydrogens (tertiary/aromatic N) is 1. The maximum atomic E-state index is 4.55. The Morgan fingerprint density at radius 2 is 2.06 bits per heavy atom. The molecule has 0 spiro atoms.